The Balaban J connectivity index is 1.64. The lowest BCUT2D eigenvalue weighted by molar-refractivity contribution is -0.122. The van der Waals surface area contributed by atoms with E-state index in [1.54, 1.807) is 4.90 Å². The fourth-order valence-electron chi connectivity index (χ4n) is 3.95. The molecule has 0 radical (unpaired) electrons. The Morgan fingerprint density at radius 3 is 2.58 bits per heavy atom. The second-order valence-corrected chi connectivity index (χ2v) is 9.29. The number of nitrogens with one attached hydrogen (secondary N) is 1. The quantitative estimate of drug-likeness (QED) is 0.664. The largest absolute Gasteiger partial charge is 0.444 e. The fraction of sp³-hybridized carbons (Fsp3) is 0.583. The highest BCUT2D eigenvalue weighted by Crippen LogP contribution is 2.37. The third-order valence-electron chi connectivity index (χ3n) is 5.64. The van der Waals surface area contributed by atoms with Gasteiger partial charge in [-0.3, -0.25) is 4.79 Å². The number of carbonyl (C=O) groups excluding carboxylic acids is 2. The fourth-order valence-corrected chi connectivity index (χ4v) is 3.95. The van der Waals surface area contributed by atoms with E-state index >= 15 is 0 Å². The van der Waals surface area contributed by atoms with Crippen LogP contribution in [0.5, 0.6) is 0 Å². The van der Waals surface area contributed by atoms with E-state index in [1.165, 1.54) is 0 Å². The highest BCUT2D eigenvalue weighted by atomic mass is 16.6. The number of likely N-dealkylation sites (tertiary alicyclic amines) is 1. The Hall–Kier alpha value is -2.88. The van der Waals surface area contributed by atoms with Crippen molar-refractivity contribution in [2.24, 2.45) is 10.2 Å². The Kier molecular flexibility index (Phi) is 6.99. The van der Waals surface area contributed by atoms with Gasteiger partial charge < -0.3 is 15.0 Å². The molecule has 3 rings (SSSR count). The van der Waals surface area contributed by atoms with Crippen molar-refractivity contribution in [1.82, 2.24) is 10.2 Å². The molecule has 0 unspecified atom stereocenters. The molecule has 31 heavy (non-hydrogen) atoms. The number of carbonyl (C=O) groups is 2. The summed E-state index contributed by atoms with van der Waals surface area (Å²) in [6.45, 7) is 6.56. The van der Waals surface area contributed by atoms with Gasteiger partial charge in [0.05, 0.1) is 6.04 Å². The van der Waals surface area contributed by atoms with Crippen LogP contribution in [0.25, 0.3) is 0 Å². The number of benzene rings is 1. The average molecular weight is 425 g/mol. The zero-order chi connectivity index (χ0) is 22.5. The number of hydrogen-bond acceptors (Lipinski definition) is 5. The maximum atomic E-state index is 12.8. The van der Waals surface area contributed by atoms with Crippen molar-refractivity contribution in [3.05, 3.63) is 35.9 Å². The van der Waals surface area contributed by atoms with Crippen LogP contribution in [-0.4, -0.2) is 47.3 Å². The van der Waals surface area contributed by atoms with Crippen molar-refractivity contribution >= 4 is 12.0 Å². The molecule has 2 aliphatic rings. The van der Waals surface area contributed by atoms with Crippen LogP contribution in [-0.2, 0) is 9.53 Å². The van der Waals surface area contributed by atoms with Crippen LogP contribution in [0.15, 0.2) is 40.6 Å². The van der Waals surface area contributed by atoms with E-state index < -0.39 is 11.3 Å². The standard InChI is InChI=1S/C24H32N4O3/c1-5-6-14-24(26-27-24)15-12-21(29)25-20-17-28(22(30)31-23(2,3)4)16-13-19(20)18-10-8-7-9-11-18/h1,7-11,19-20H,6,12-17H2,2-4H3,(H,25,29)/t19-,20-/m1/s1. The van der Waals surface area contributed by atoms with Gasteiger partial charge in [-0.15, -0.1) is 12.3 Å². The van der Waals surface area contributed by atoms with E-state index in [0.717, 1.165) is 12.0 Å². The molecule has 1 aromatic rings. The first-order chi connectivity index (χ1) is 14.7. The summed E-state index contributed by atoms with van der Waals surface area (Å²) in [6, 6.07) is 9.93. The van der Waals surface area contributed by atoms with Crippen LogP contribution in [0.1, 0.15) is 64.4 Å². The minimum absolute atomic E-state index is 0.0608. The zero-order valence-corrected chi connectivity index (χ0v) is 18.6. The van der Waals surface area contributed by atoms with Crippen LogP contribution in [0, 0.1) is 12.3 Å². The van der Waals surface area contributed by atoms with E-state index in [2.05, 4.69) is 33.6 Å². The molecule has 2 amide bonds. The lowest BCUT2D eigenvalue weighted by atomic mass is 9.85. The maximum Gasteiger partial charge on any atom is 0.410 e. The van der Waals surface area contributed by atoms with Crippen LogP contribution in [0.4, 0.5) is 4.79 Å². The monoisotopic (exact) mass is 424 g/mol. The molecule has 2 atom stereocenters. The molecule has 2 heterocycles. The Morgan fingerprint density at radius 1 is 1.26 bits per heavy atom. The van der Waals surface area contributed by atoms with Gasteiger partial charge in [0, 0.05) is 44.7 Å². The van der Waals surface area contributed by atoms with E-state index in [1.807, 2.05) is 39.0 Å². The molecular formula is C24H32N4O3. The van der Waals surface area contributed by atoms with Crippen molar-refractivity contribution in [2.75, 3.05) is 13.1 Å². The summed E-state index contributed by atoms with van der Waals surface area (Å²) in [5.74, 6) is 2.68. The number of amides is 2. The van der Waals surface area contributed by atoms with E-state index in [9.17, 15) is 9.59 Å². The van der Waals surface area contributed by atoms with Crippen molar-refractivity contribution < 1.29 is 14.3 Å². The van der Waals surface area contributed by atoms with E-state index in [-0.39, 0.29) is 24.0 Å². The van der Waals surface area contributed by atoms with Crippen molar-refractivity contribution in [3.63, 3.8) is 0 Å². The molecule has 7 heteroatoms. The van der Waals surface area contributed by atoms with Crippen LogP contribution < -0.4 is 5.32 Å². The first-order valence-electron chi connectivity index (χ1n) is 10.9. The third kappa shape index (κ3) is 6.55. The molecule has 166 valence electrons. The van der Waals surface area contributed by atoms with Crippen molar-refractivity contribution in [1.29, 1.82) is 0 Å². The van der Waals surface area contributed by atoms with Gasteiger partial charge >= 0.3 is 6.09 Å². The molecule has 0 spiro atoms. The molecule has 7 nitrogen and oxygen atoms in total. The average Bonchev–Trinajstić information content (AvgIpc) is 3.50. The van der Waals surface area contributed by atoms with E-state index in [0.29, 0.717) is 38.8 Å². The molecule has 1 saturated heterocycles. The number of hydrogen-bond donors (Lipinski definition) is 1. The van der Waals surface area contributed by atoms with Gasteiger partial charge in [0.2, 0.25) is 5.91 Å². The van der Waals surface area contributed by atoms with Crippen molar-refractivity contribution in [2.45, 2.75) is 76.1 Å². The summed E-state index contributed by atoms with van der Waals surface area (Å²) in [4.78, 5) is 27.1. The number of ether oxygens (including phenoxy) is 1. The predicted octanol–water partition coefficient (Wildman–Crippen LogP) is 4.25. The summed E-state index contributed by atoms with van der Waals surface area (Å²) in [7, 11) is 0. The molecule has 0 saturated carbocycles. The molecule has 0 bridgehead atoms. The number of terminal acetylenes is 1. The smallest absolute Gasteiger partial charge is 0.410 e. The van der Waals surface area contributed by atoms with Gasteiger partial charge in [-0.2, -0.15) is 10.2 Å². The highest BCUT2D eigenvalue weighted by Gasteiger charge is 2.40. The van der Waals surface area contributed by atoms with Gasteiger partial charge in [0.25, 0.3) is 0 Å². The van der Waals surface area contributed by atoms with Gasteiger partial charge in [-0.1, -0.05) is 30.3 Å². The molecule has 0 aliphatic carbocycles. The lowest BCUT2D eigenvalue weighted by Crippen LogP contribution is -2.54. The Morgan fingerprint density at radius 2 is 1.97 bits per heavy atom. The van der Waals surface area contributed by atoms with Crippen LogP contribution in [0.3, 0.4) is 0 Å². The molecule has 0 aromatic heterocycles. The van der Waals surface area contributed by atoms with Gasteiger partial charge in [-0.05, 0) is 32.8 Å². The maximum absolute atomic E-state index is 12.8. The number of nitrogens with zero attached hydrogens (tertiary/aromatic N) is 3. The second-order valence-electron chi connectivity index (χ2n) is 9.29. The number of rotatable bonds is 7. The molecule has 1 aromatic carbocycles. The van der Waals surface area contributed by atoms with Gasteiger partial charge in [0.1, 0.15) is 5.60 Å². The van der Waals surface area contributed by atoms with Gasteiger partial charge in [0.15, 0.2) is 5.66 Å². The molecule has 1 N–H and O–H groups in total. The zero-order valence-electron chi connectivity index (χ0n) is 18.6. The summed E-state index contributed by atoms with van der Waals surface area (Å²) < 4.78 is 5.54. The topological polar surface area (TPSA) is 83.4 Å². The highest BCUT2D eigenvalue weighted by molar-refractivity contribution is 5.77. The SMILES string of the molecule is C#CCCC1(CCC(=O)N[C@@H]2CN(C(=O)OC(C)(C)C)CC[C@@H]2c2ccccc2)N=N1. The van der Waals surface area contributed by atoms with Crippen LogP contribution >= 0.6 is 0 Å². The summed E-state index contributed by atoms with van der Waals surface area (Å²) >= 11 is 0. The first-order valence-corrected chi connectivity index (χ1v) is 10.9. The summed E-state index contributed by atoms with van der Waals surface area (Å²) in [6.07, 6.45) is 7.90. The summed E-state index contributed by atoms with van der Waals surface area (Å²) in [5, 5.41) is 11.4. The molecule has 1 fully saturated rings. The van der Waals surface area contributed by atoms with Crippen LogP contribution in [0.2, 0.25) is 0 Å². The second kappa shape index (κ2) is 9.51. The normalized spacial score (nSPS) is 21.8. The Bertz CT molecular complexity index is 848. The molecule has 2 aliphatic heterocycles. The minimum Gasteiger partial charge on any atom is -0.444 e. The predicted molar refractivity (Wildman–Crippen MR) is 118 cm³/mol. The number of piperidine rings is 1. The summed E-state index contributed by atoms with van der Waals surface area (Å²) in [5.41, 5.74) is 0.127. The van der Waals surface area contributed by atoms with Crippen molar-refractivity contribution in [3.8, 4) is 12.3 Å². The lowest BCUT2D eigenvalue weighted by Gasteiger charge is -2.39. The third-order valence-corrected chi connectivity index (χ3v) is 5.64. The Labute approximate surface area is 184 Å². The first kappa shape index (κ1) is 22.8. The molecular weight excluding hydrogens is 392 g/mol. The van der Waals surface area contributed by atoms with E-state index in [4.69, 9.17) is 11.2 Å². The van der Waals surface area contributed by atoms with Gasteiger partial charge in [-0.25, -0.2) is 4.79 Å². The minimum atomic E-state index is -0.559.